The standard InChI is InChI=1S/C21H30N2O6S/c1-5-29-21(24)16-8-11-18(20(13-16)23(25)26)19(12-14(2)3)22-30(27,28)17-9-6-15(4)7-10-17/h6-10,14,18-20,22H,5,11-13H2,1-4H3/t18-,19+,20-/m1/s1. The first-order chi connectivity index (χ1) is 14.0. The minimum absolute atomic E-state index is 0.0721. The summed E-state index contributed by atoms with van der Waals surface area (Å²) in [5, 5.41) is 11.8. The smallest absolute Gasteiger partial charge is 0.333 e. The Labute approximate surface area is 177 Å². The Balaban J connectivity index is 2.33. The molecule has 0 aliphatic heterocycles. The molecule has 8 nitrogen and oxygen atoms in total. The topological polar surface area (TPSA) is 116 Å². The molecule has 0 amide bonds. The lowest BCUT2D eigenvalue weighted by molar-refractivity contribution is -0.533. The van der Waals surface area contributed by atoms with E-state index in [-0.39, 0.29) is 35.8 Å². The van der Waals surface area contributed by atoms with Crippen LogP contribution >= 0.6 is 0 Å². The number of aryl methyl sites for hydroxylation is 1. The van der Waals surface area contributed by atoms with Crippen LogP contribution in [0.25, 0.3) is 0 Å². The van der Waals surface area contributed by atoms with Gasteiger partial charge in [0.2, 0.25) is 16.1 Å². The zero-order valence-corrected chi connectivity index (χ0v) is 18.6. The number of nitrogens with zero attached hydrogens (tertiary/aromatic N) is 1. The van der Waals surface area contributed by atoms with E-state index < -0.39 is 38.9 Å². The summed E-state index contributed by atoms with van der Waals surface area (Å²) in [6, 6.07) is 4.76. The second-order valence-corrected chi connectivity index (χ2v) is 9.79. The number of nitro groups is 1. The predicted molar refractivity (Wildman–Crippen MR) is 113 cm³/mol. The van der Waals surface area contributed by atoms with Gasteiger partial charge in [-0.1, -0.05) is 37.6 Å². The molecule has 166 valence electrons. The fourth-order valence-electron chi connectivity index (χ4n) is 3.75. The Morgan fingerprint density at radius 3 is 2.47 bits per heavy atom. The number of benzene rings is 1. The van der Waals surface area contributed by atoms with Crippen molar-refractivity contribution >= 4 is 16.0 Å². The normalized spacial score (nSPS) is 20.5. The van der Waals surface area contributed by atoms with Crippen molar-refractivity contribution in [1.82, 2.24) is 4.72 Å². The number of hydrogen-bond donors (Lipinski definition) is 1. The molecule has 0 aromatic heterocycles. The fourth-order valence-corrected chi connectivity index (χ4v) is 5.05. The van der Waals surface area contributed by atoms with E-state index in [4.69, 9.17) is 4.74 Å². The van der Waals surface area contributed by atoms with Gasteiger partial charge in [-0.25, -0.2) is 17.9 Å². The highest BCUT2D eigenvalue weighted by Gasteiger charge is 2.42. The molecule has 1 aromatic rings. The Bertz CT molecular complexity index is 893. The van der Waals surface area contributed by atoms with Crippen LogP contribution in [0.15, 0.2) is 40.8 Å². The zero-order valence-electron chi connectivity index (χ0n) is 17.8. The molecule has 9 heteroatoms. The predicted octanol–water partition coefficient (Wildman–Crippen LogP) is 3.23. The molecule has 0 heterocycles. The van der Waals surface area contributed by atoms with Gasteiger partial charge in [-0.15, -0.1) is 0 Å². The molecule has 1 aromatic carbocycles. The van der Waals surface area contributed by atoms with E-state index in [0.29, 0.717) is 6.42 Å². The summed E-state index contributed by atoms with van der Waals surface area (Å²) in [5.41, 5.74) is 1.21. The van der Waals surface area contributed by atoms with Crippen LogP contribution < -0.4 is 4.72 Å². The molecule has 0 unspecified atom stereocenters. The maximum absolute atomic E-state index is 12.9. The summed E-state index contributed by atoms with van der Waals surface area (Å²) in [7, 11) is -3.84. The fraction of sp³-hybridized carbons (Fsp3) is 0.571. The van der Waals surface area contributed by atoms with E-state index in [1.807, 2.05) is 20.8 Å². The number of sulfonamides is 1. The SMILES string of the molecule is CCOC(=O)C1=CC[C@H]([C@H](CC(C)C)NS(=O)(=O)c2ccc(C)cc2)[C@H]([N+](=O)[O-])C1. The number of carbonyl (C=O) groups excluding carboxylic acids is 1. The van der Waals surface area contributed by atoms with Gasteiger partial charge in [0.25, 0.3) is 0 Å². The van der Waals surface area contributed by atoms with E-state index in [9.17, 15) is 23.3 Å². The number of esters is 1. The van der Waals surface area contributed by atoms with Crippen molar-refractivity contribution in [1.29, 1.82) is 0 Å². The maximum Gasteiger partial charge on any atom is 0.333 e. The van der Waals surface area contributed by atoms with Crippen LogP contribution in [0.1, 0.15) is 45.6 Å². The molecular weight excluding hydrogens is 408 g/mol. The van der Waals surface area contributed by atoms with Crippen molar-refractivity contribution in [3.8, 4) is 0 Å². The molecular formula is C21H30N2O6S. The minimum Gasteiger partial charge on any atom is -0.463 e. The van der Waals surface area contributed by atoms with E-state index in [2.05, 4.69) is 4.72 Å². The first-order valence-electron chi connectivity index (χ1n) is 10.1. The van der Waals surface area contributed by atoms with Crippen LogP contribution in [0.5, 0.6) is 0 Å². The number of ether oxygens (including phenoxy) is 1. The molecule has 1 aliphatic rings. The van der Waals surface area contributed by atoms with Gasteiger partial charge in [0, 0.05) is 28.9 Å². The summed E-state index contributed by atoms with van der Waals surface area (Å²) in [5.74, 6) is -0.997. The summed E-state index contributed by atoms with van der Waals surface area (Å²) in [6.45, 7) is 7.61. The first-order valence-corrected chi connectivity index (χ1v) is 11.6. The van der Waals surface area contributed by atoms with Crippen molar-refractivity contribution in [3.63, 3.8) is 0 Å². The van der Waals surface area contributed by atoms with Crippen LogP contribution in [0.4, 0.5) is 0 Å². The van der Waals surface area contributed by atoms with Crippen molar-refractivity contribution in [2.45, 2.75) is 63.9 Å². The average molecular weight is 439 g/mol. The molecule has 3 atom stereocenters. The number of rotatable bonds is 9. The Hall–Kier alpha value is -2.26. The highest BCUT2D eigenvalue weighted by molar-refractivity contribution is 7.89. The van der Waals surface area contributed by atoms with Gasteiger partial charge < -0.3 is 4.74 Å². The molecule has 0 spiro atoms. The third-order valence-electron chi connectivity index (χ3n) is 5.25. The van der Waals surface area contributed by atoms with Crippen LogP contribution in [-0.4, -0.2) is 38.0 Å². The molecule has 1 N–H and O–H groups in total. The molecule has 0 radical (unpaired) electrons. The molecule has 2 rings (SSSR count). The molecule has 1 aliphatic carbocycles. The quantitative estimate of drug-likeness (QED) is 0.359. The van der Waals surface area contributed by atoms with Crippen molar-refractivity contribution < 1.29 is 22.9 Å². The Morgan fingerprint density at radius 1 is 1.30 bits per heavy atom. The maximum atomic E-state index is 12.9. The minimum atomic E-state index is -3.84. The first kappa shape index (κ1) is 24.0. The lowest BCUT2D eigenvalue weighted by Gasteiger charge is -2.33. The molecule has 0 saturated heterocycles. The Kier molecular flexibility index (Phi) is 8.14. The molecule has 0 bridgehead atoms. The van der Waals surface area contributed by atoms with E-state index >= 15 is 0 Å². The lowest BCUT2D eigenvalue weighted by atomic mass is 9.78. The van der Waals surface area contributed by atoms with Crippen molar-refractivity contribution in [2.75, 3.05) is 6.61 Å². The van der Waals surface area contributed by atoms with Gasteiger partial charge >= 0.3 is 5.97 Å². The summed E-state index contributed by atoms with van der Waals surface area (Å²) < 4.78 is 33.6. The monoisotopic (exact) mass is 438 g/mol. The highest BCUT2D eigenvalue weighted by atomic mass is 32.2. The van der Waals surface area contributed by atoms with Crippen LogP contribution in [-0.2, 0) is 19.6 Å². The molecule has 0 fully saturated rings. The lowest BCUT2D eigenvalue weighted by Crippen LogP contribution is -2.48. The van der Waals surface area contributed by atoms with Gasteiger partial charge in [0.1, 0.15) is 0 Å². The second-order valence-electron chi connectivity index (χ2n) is 8.08. The second kappa shape index (κ2) is 10.2. The van der Waals surface area contributed by atoms with Crippen molar-refractivity contribution in [3.05, 3.63) is 51.6 Å². The molecule has 0 saturated carbocycles. The average Bonchev–Trinajstić information content (AvgIpc) is 2.67. The zero-order chi connectivity index (χ0) is 22.5. The highest BCUT2D eigenvalue weighted by Crippen LogP contribution is 2.32. The van der Waals surface area contributed by atoms with Crippen molar-refractivity contribution in [2.24, 2.45) is 11.8 Å². The van der Waals surface area contributed by atoms with Crippen LogP contribution in [0.3, 0.4) is 0 Å². The molecule has 30 heavy (non-hydrogen) atoms. The van der Waals surface area contributed by atoms with E-state index in [0.717, 1.165) is 5.56 Å². The van der Waals surface area contributed by atoms with Crippen LogP contribution in [0.2, 0.25) is 0 Å². The van der Waals surface area contributed by atoms with Gasteiger partial charge in [-0.2, -0.15) is 0 Å². The van der Waals surface area contributed by atoms with E-state index in [1.165, 1.54) is 12.1 Å². The number of allylic oxidation sites excluding steroid dienone is 1. The third-order valence-corrected chi connectivity index (χ3v) is 6.75. The number of carbonyl (C=O) groups is 1. The summed E-state index contributed by atoms with van der Waals surface area (Å²) >= 11 is 0. The van der Waals surface area contributed by atoms with Gasteiger partial charge in [-0.05, 0) is 44.7 Å². The summed E-state index contributed by atoms with van der Waals surface area (Å²) in [6.07, 6.45) is 2.25. The largest absolute Gasteiger partial charge is 0.463 e. The Morgan fingerprint density at radius 2 is 1.93 bits per heavy atom. The van der Waals surface area contributed by atoms with Gasteiger partial charge in [0.15, 0.2) is 0 Å². The number of nitrogens with one attached hydrogen (secondary N) is 1. The third kappa shape index (κ3) is 6.12. The van der Waals surface area contributed by atoms with Crippen LogP contribution in [0, 0.1) is 28.9 Å². The van der Waals surface area contributed by atoms with E-state index in [1.54, 1.807) is 25.1 Å². The number of hydrogen-bond acceptors (Lipinski definition) is 6. The van der Waals surface area contributed by atoms with Gasteiger partial charge in [-0.3, -0.25) is 10.1 Å². The summed E-state index contributed by atoms with van der Waals surface area (Å²) in [4.78, 5) is 23.6. The van der Waals surface area contributed by atoms with Gasteiger partial charge in [0.05, 0.1) is 11.5 Å².